The molecular weight excluding hydrogens is 392 g/mol. The molecular formula is C21H24N2O3S2. The fourth-order valence-corrected chi connectivity index (χ4v) is 4.93. The minimum atomic E-state index is -3.68. The molecule has 0 aliphatic carbocycles. The zero-order chi connectivity index (χ0) is 20.3. The molecule has 0 bridgehead atoms. The summed E-state index contributed by atoms with van der Waals surface area (Å²) in [6, 6.07) is 12.9. The van der Waals surface area contributed by atoms with Gasteiger partial charge in [0.25, 0.3) is 0 Å². The van der Waals surface area contributed by atoms with Crippen LogP contribution in [0.1, 0.15) is 35.9 Å². The Morgan fingerprint density at radius 1 is 1.14 bits per heavy atom. The SMILES string of the molecule is COc1ccc(CNS(=O)(=O)c2cc(-c3csc(C)n3)ccc2C(C)C)cc1. The third-order valence-electron chi connectivity index (χ3n) is 4.47. The number of methoxy groups -OCH3 is 1. The molecule has 0 saturated carbocycles. The van der Waals surface area contributed by atoms with Crippen LogP contribution in [0.3, 0.4) is 0 Å². The third kappa shape index (κ3) is 4.60. The van der Waals surface area contributed by atoms with Crippen molar-refractivity contribution in [2.45, 2.75) is 38.1 Å². The number of aromatic nitrogens is 1. The highest BCUT2D eigenvalue weighted by Crippen LogP contribution is 2.30. The van der Waals surface area contributed by atoms with E-state index in [2.05, 4.69) is 9.71 Å². The van der Waals surface area contributed by atoms with Gasteiger partial charge in [0.05, 0.1) is 22.7 Å². The summed E-state index contributed by atoms with van der Waals surface area (Å²) in [6.45, 7) is 6.13. The molecule has 1 N–H and O–H groups in total. The van der Waals surface area contributed by atoms with Crippen molar-refractivity contribution in [3.63, 3.8) is 0 Å². The molecule has 1 aromatic heterocycles. The van der Waals surface area contributed by atoms with Gasteiger partial charge in [0.2, 0.25) is 10.0 Å². The quantitative estimate of drug-likeness (QED) is 0.605. The minimum absolute atomic E-state index is 0.0822. The molecule has 1 heterocycles. The highest BCUT2D eigenvalue weighted by atomic mass is 32.2. The summed E-state index contributed by atoms with van der Waals surface area (Å²) in [4.78, 5) is 4.78. The number of hydrogen-bond donors (Lipinski definition) is 1. The molecule has 7 heteroatoms. The Hall–Kier alpha value is -2.22. The van der Waals surface area contributed by atoms with Crippen molar-refractivity contribution in [1.82, 2.24) is 9.71 Å². The molecule has 3 rings (SSSR count). The second-order valence-corrected chi connectivity index (χ2v) is 9.63. The number of hydrogen-bond acceptors (Lipinski definition) is 5. The average molecular weight is 417 g/mol. The van der Waals surface area contributed by atoms with Crippen LogP contribution in [0.4, 0.5) is 0 Å². The maximum absolute atomic E-state index is 13.1. The van der Waals surface area contributed by atoms with Crippen LogP contribution in [0.15, 0.2) is 52.7 Å². The Kier molecular flexibility index (Phi) is 6.17. The number of rotatable bonds is 7. The van der Waals surface area contributed by atoms with Crippen molar-refractivity contribution in [3.05, 3.63) is 64.0 Å². The Bertz CT molecular complexity index is 1060. The first kappa shape index (κ1) is 20.5. The summed E-state index contributed by atoms with van der Waals surface area (Å²) < 4.78 is 34.0. The van der Waals surface area contributed by atoms with Gasteiger partial charge in [-0.15, -0.1) is 11.3 Å². The Labute approximate surface area is 170 Å². The number of aryl methyl sites for hydroxylation is 1. The fraction of sp³-hybridized carbons (Fsp3) is 0.286. The predicted molar refractivity (Wildman–Crippen MR) is 113 cm³/mol. The van der Waals surface area contributed by atoms with Gasteiger partial charge in [-0.25, -0.2) is 18.1 Å². The minimum Gasteiger partial charge on any atom is -0.497 e. The Morgan fingerprint density at radius 2 is 1.86 bits per heavy atom. The molecule has 0 aliphatic rings. The summed E-state index contributed by atoms with van der Waals surface area (Å²) in [7, 11) is -2.08. The van der Waals surface area contributed by atoms with E-state index in [1.165, 1.54) is 0 Å². The van der Waals surface area contributed by atoms with E-state index in [1.807, 2.05) is 62.5 Å². The fourth-order valence-electron chi connectivity index (χ4n) is 2.90. The van der Waals surface area contributed by atoms with Crippen LogP contribution in [-0.4, -0.2) is 20.5 Å². The molecule has 2 aromatic carbocycles. The van der Waals surface area contributed by atoms with Crippen LogP contribution in [0.5, 0.6) is 5.75 Å². The van der Waals surface area contributed by atoms with Gasteiger partial charge in [-0.05, 0) is 42.2 Å². The first-order valence-corrected chi connectivity index (χ1v) is 11.4. The normalized spacial score (nSPS) is 11.8. The van der Waals surface area contributed by atoms with Gasteiger partial charge >= 0.3 is 0 Å². The topological polar surface area (TPSA) is 68.3 Å². The van der Waals surface area contributed by atoms with Gasteiger partial charge in [-0.3, -0.25) is 0 Å². The van der Waals surface area contributed by atoms with Crippen LogP contribution in [-0.2, 0) is 16.6 Å². The Morgan fingerprint density at radius 3 is 2.43 bits per heavy atom. The van der Waals surface area contributed by atoms with E-state index in [0.717, 1.165) is 33.1 Å². The van der Waals surface area contributed by atoms with Crippen molar-refractivity contribution in [2.75, 3.05) is 7.11 Å². The standard InChI is InChI=1S/C21H24N2O3S2/c1-14(2)19-10-7-17(20-13-27-15(3)23-20)11-21(19)28(24,25)22-12-16-5-8-18(26-4)9-6-16/h5-11,13-14,22H,12H2,1-4H3. The van der Waals surface area contributed by atoms with E-state index in [0.29, 0.717) is 4.90 Å². The largest absolute Gasteiger partial charge is 0.497 e. The van der Waals surface area contributed by atoms with Gasteiger partial charge < -0.3 is 4.74 Å². The van der Waals surface area contributed by atoms with Crippen LogP contribution in [0, 0.1) is 6.92 Å². The van der Waals surface area contributed by atoms with Crippen molar-refractivity contribution >= 4 is 21.4 Å². The van der Waals surface area contributed by atoms with E-state index in [-0.39, 0.29) is 12.5 Å². The summed E-state index contributed by atoms with van der Waals surface area (Å²) >= 11 is 1.55. The summed E-state index contributed by atoms with van der Waals surface area (Å²) in [5, 5.41) is 2.89. The summed E-state index contributed by atoms with van der Waals surface area (Å²) in [5.41, 5.74) is 3.25. The second kappa shape index (κ2) is 8.43. The maximum Gasteiger partial charge on any atom is 0.241 e. The van der Waals surface area contributed by atoms with E-state index in [4.69, 9.17) is 4.74 Å². The molecule has 0 atom stereocenters. The lowest BCUT2D eigenvalue weighted by Gasteiger charge is -2.15. The zero-order valence-electron chi connectivity index (χ0n) is 16.4. The number of ether oxygens (including phenoxy) is 1. The number of thiazole rings is 1. The van der Waals surface area contributed by atoms with Gasteiger partial charge in [-0.1, -0.05) is 38.1 Å². The monoisotopic (exact) mass is 416 g/mol. The molecule has 0 amide bonds. The smallest absolute Gasteiger partial charge is 0.241 e. The lowest BCUT2D eigenvalue weighted by atomic mass is 10.0. The first-order chi connectivity index (χ1) is 13.3. The second-order valence-electron chi connectivity index (χ2n) is 6.83. The molecule has 0 spiro atoms. The van der Waals surface area contributed by atoms with Crippen LogP contribution in [0.2, 0.25) is 0 Å². The van der Waals surface area contributed by atoms with E-state index >= 15 is 0 Å². The average Bonchev–Trinajstić information content (AvgIpc) is 3.12. The van der Waals surface area contributed by atoms with E-state index in [1.54, 1.807) is 24.5 Å². The first-order valence-electron chi connectivity index (χ1n) is 8.99. The van der Waals surface area contributed by atoms with Crippen molar-refractivity contribution in [2.24, 2.45) is 0 Å². The van der Waals surface area contributed by atoms with Crippen LogP contribution in [0.25, 0.3) is 11.3 Å². The molecule has 0 fully saturated rings. The van der Waals surface area contributed by atoms with Crippen LogP contribution >= 0.6 is 11.3 Å². The molecule has 0 radical (unpaired) electrons. The molecule has 5 nitrogen and oxygen atoms in total. The lowest BCUT2D eigenvalue weighted by molar-refractivity contribution is 0.414. The van der Waals surface area contributed by atoms with E-state index < -0.39 is 10.0 Å². The van der Waals surface area contributed by atoms with Crippen molar-refractivity contribution in [1.29, 1.82) is 0 Å². The molecule has 3 aromatic rings. The summed E-state index contributed by atoms with van der Waals surface area (Å²) in [5.74, 6) is 0.818. The lowest BCUT2D eigenvalue weighted by Crippen LogP contribution is -2.24. The molecule has 148 valence electrons. The number of nitrogens with one attached hydrogen (secondary N) is 1. The zero-order valence-corrected chi connectivity index (χ0v) is 18.0. The van der Waals surface area contributed by atoms with Crippen molar-refractivity contribution < 1.29 is 13.2 Å². The van der Waals surface area contributed by atoms with E-state index in [9.17, 15) is 8.42 Å². The highest BCUT2D eigenvalue weighted by molar-refractivity contribution is 7.89. The van der Waals surface area contributed by atoms with Gasteiger partial charge in [0.1, 0.15) is 5.75 Å². The molecule has 0 aliphatic heterocycles. The maximum atomic E-state index is 13.1. The summed E-state index contributed by atoms with van der Waals surface area (Å²) in [6.07, 6.45) is 0. The van der Waals surface area contributed by atoms with Gasteiger partial charge in [0.15, 0.2) is 0 Å². The molecule has 28 heavy (non-hydrogen) atoms. The van der Waals surface area contributed by atoms with Gasteiger partial charge in [-0.2, -0.15) is 0 Å². The predicted octanol–water partition coefficient (Wildman–Crippen LogP) is 4.73. The molecule has 0 saturated heterocycles. The highest BCUT2D eigenvalue weighted by Gasteiger charge is 2.21. The van der Waals surface area contributed by atoms with Crippen LogP contribution < -0.4 is 9.46 Å². The Balaban J connectivity index is 1.91. The van der Waals surface area contributed by atoms with Crippen molar-refractivity contribution in [3.8, 4) is 17.0 Å². The third-order valence-corrected chi connectivity index (χ3v) is 6.70. The number of benzene rings is 2. The number of nitrogens with zero attached hydrogens (tertiary/aromatic N) is 1. The number of sulfonamides is 1. The van der Waals surface area contributed by atoms with Gasteiger partial charge in [0, 0.05) is 17.5 Å². The molecule has 0 unspecified atom stereocenters.